The monoisotopic (exact) mass is 289 g/mol. The largest absolute Gasteiger partial charge is 0.497 e. The fraction of sp³-hybridized carbons (Fsp3) is 0.143. The molecule has 104 valence electrons. The van der Waals surface area contributed by atoms with E-state index in [1.54, 1.807) is 24.7 Å². The van der Waals surface area contributed by atoms with Crippen molar-refractivity contribution in [2.45, 2.75) is 0 Å². The minimum absolute atomic E-state index is 0.161. The van der Waals surface area contributed by atoms with Gasteiger partial charge in [-0.2, -0.15) is 5.10 Å². The minimum atomic E-state index is -0.200. The standard InChI is InChI=1S/C14H15N3O2S/c1-19-12-6-4-11(5-7-12)15-10-14(18)17-16-9-13-3-2-8-20-13/h2-9,15H,10H2,1H3,(H,17,18)/b16-9+. The molecule has 20 heavy (non-hydrogen) atoms. The predicted molar refractivity (Wildman–Crippen MR) is 81.5 cm³/mol. The summed E-state index contributed by atoms with van der Waals surface area (Å²) in [6, 6.07) is 11.2. The van der Waals surface area contributed by atoms with E-state index in [-0.39, 0.29) is 12.5 Å². The first-order valence-electron chi connectivity index (χ1n) is 6.01. The van der Waals surface area contributed by atoms with Crippen molar-refractivity contribution in [1.29, 1.82) is 0 Å². The van der Waals surface area contributed by atoms with Crippen LogP contribution in [-0.2, 0) is 4.79 Å². The van der Waals surface area contributed by atoms with Gasteiger partial charge in [-0.1, -0.05) is 6.07 Å². The molecule has 0 saturated carbocycles. The number of nitrogens with one attached hydrogen (secondary N) is 2. The molecule has 1 aromatic carbocycles. The van der Waals surface area contributed by atoms with Crippen molar-refractivity contribution >= 4 is 29.1 Å². The van der Waals surface area contributed by atoms with Gasteiger partial charge in [0.2, 0.25) is 0 Å². The van der Waals surface area contributed by atoms with Gasteiger partial charge in [-0.3, -0.25) is 4.79 Å². The van der Waals surface area contributed by atoms with Gasteiger partial charge in [0.1, 0.15) is 5.75 Å². The number of amides is 1. The van der Waals surface area contributed by atoms with E-state index in [4.69, 9.17) is 4.74 Å². The zero-order valence-electron chi connectivity index (χ0n) is 11.0. The molecule has 0 unspecified atom stereocenters. The summed E-state index contributed by atoms with van der Waals surface area (Å²) in [6.45, 7) is 0.161. The number of carbonyl (C=O) groups excluding carboxylic acids is 1. The number of anilines is 1. The van der Waals surface area contributed by atoms with Gasteiger partial charge in [0.15, 0.2) is 0 Å². The SMILES string of the molecule is COc1ccc(NCC(=O)N/N=C/c2cccs2)cc1. The van der Waals surface area contributed by atoms with Gasteiger partial charge in [-0.25, -0.2) is 5.43 Å². The van der Waals surface area contributed by atoms with Crippen LogP contribution < -0.4 is 15.5 Å². The lowest BCUT2D eigenvalue weighted by atomic mass is 10.3. The van der Waals surface area contributed by atoms with Crippen molar-refractivity contribution in [2.75, 3.05) is 19.0 Å². The Balaban J connectivity index is 1.74. The van der Waals surface area contributed by atoms with E-state index in [0.717, 1.165) is 16.3 Å². The number of hydrogen-bond donors (Lipinski definition) is 2. The normalized spacial score (nSPS) is 10.4. The highest BCUT2D eigenvalue weighted by Gasteiger charge is 1.99. The fourth-order valence-electron chi connectivity index (χ4n) is 1.46. The molecule has 0 aliphatic rings. The van der Waals surface area contributed by atoms with Crippen molar-refractivity contribution in [3.8, 4) is 5.75 Å². The Morgan fingerprint density at radius 1 is 1.35 bits per heavy atom. The number of benzene rings is 1. The summed E-state index contributed by atoms with van der Waals surface area (Å²) in [6.07, 6.45) is 1.62. The van der Waals surface area contributed by atoms with Gasteiger partial charge in [-0.15, -0.1) is 11.3 Å². The Morgan fingerprint density at radius 3 is 2.80 bits per heavy atom. The summed E-state index contributed by atoms with van der Waals surface area (Å²) >= 11 is 1.56. The lowest BCUT2D eigenvalue weighted by Gasteiger charge is -2.06. The molecule has 2 rings (SSSR count). The van der Waals surface area contributed by atoms with Gasteiger partial charge in [0, 0.05) is 10.6 Å². The van der Waals surface area contributed by atoms with E-state index in [1.807, 2.05) is 41.8 Å². The Labute approximate surface area is 121 Å². The topological polar surface area (TPSA) is 62.7 Å². The second kappa shape index (κ2) is 7.30. The van der Waals surface area contributed by atoms with Gasteiger partial charge in [-0.05, 0) is 35.7 Å². The van der Waals surface area contributed by atoms with E-state index < -0.39 is 0 Å². The minimum Gasteiger partial charge on any atom is -0.497 e. The molecule has 0 aliphatic carbocycles. The van der Waals surface area contributed by atoms with Crippen LogP contribution in [0.15, 0.2) is 46.9 Å². The molecule has 0 spiro atoms. The average molecular weight is 289 g/mol. The molecule has 0 bridgehead atoms. The Bertz CT molecular complexity index is 565. The Hall–Kier alpha value is -2.34. The van der Waals surface area contributed by atoms with Gasteiger partial charge in [0.25, 0.3) is 5.91 Å². The van der Waals surface area contributed by atoms with Crippen molar-refractivity contribution in [3.63, 3.8) is 0 Å². The van der Waals surface area contributed by atoms with E-state index in [2.05, 4.69) is 15.8 Å². The first kappa shape index (κ1) is 14.1. The maximum atomic E-state index is 11.6. The highest BCUT2D eigenvalue weighted by molar-refractivity contribution is 7.11. The van der Waals surface area contributed by atoms with E-state index >= 15 is 0 Å². The van der Waals surface area contributed by atoms with Crippen LogP contribution in [0.1, 0.15) is 4.88 Å². The van der Waals surface area contributed by atoms with Crippen LogP contribution in [0.2, 0.25) is 0 Å². The molecule has 0 atom stereocenters. The number of nitrogens with zero attached hydrogens (tertiary/aromatic N) is 1. The average Bonchev–Trinajstić information content (AvgIpc) is 2.99. The summed E-state index contributed by atoms with van der Waals surface area (Å²) in [4.78, 5) is 12.6. The predicted octanol–water partition coefficient (Wildman–Crippen LogP) is 2.32. The maximum absolute atomic E-state index is 11.6. The number of thiophene rings is 1. The van der Waals surface area contributed by atoms with Gasteiger partial charge >= 0.3 is 0 Å². The summed E-state index contributed by atoms with van der Waals surface area (Å²) in [5.41, 5.74) is 3.31. The first-order chi connectivity index (χ1) is 9.78. The molecule has 0 fully saturated rings. The lowest BCUT2D eigenvalue weighted by molar-refractivity contribution is -0.119. The highest BCUT2D eigenvalue weighted by Crippen LogP contribution is 2.14. The summed E-state index contributed by atoms with van der Waals surface area (Å²) in [7, 11) is 1.61. The quantitative estimate of drug-likeness (QED) is 0.633. The molecule has 2 N–H and O–H groups in total. The summed E-state index contributed by atoms with van der Waals surface area (Å²) in [5, 5.41) is 8.83. The third kappa shape index (κ3) is 4.40. The third-order valence-electron chi connectivity index (χ3n) is 2.47. The van der Waals surface area contributed by atoms with Gasteiger partial charge < -0.3 is 10.1 Å². The molecule has 1 amide bonds. The number of hydrazone groups is 1. The molecule has 2 aromatic rings. The van der Waals surface area contributed by atoms with E-state index in [0.29, 0.717) is 0 Å². The van der Waals surface area contributed by atoms with Crippen LogP contribution in [0.25, 0.3) is 0 Å². The number of ether oxygens (including phenoxy) is 1. The molecule has 1 heterocycles. The number of rotatable bonds is 6. The van der Waals surface area contributed by atoms with Crippen molar-refractivity contribution in [1.82, 2.24) is 5.43 Å². The van der Waals surface area contributed by atoms with Crippen molar-refractivity contribution < 1.29 is 9.53 Å². The molecular formula is C14H15N3O2S. The van der Waals surface area contributed by atoms with E-state index in [1.165, 1.54) is 0 Å². The highest BCUT2D eigenvalue weighted by atomic mass is 32.1. The fourth-order valence-corrected chi connectivity index (χ4v) is 2.05. The molecule has 6 heteroatoms. The van der Waals surface area contributed by atoms with Crippen LogP contribution >= 0.6 is 11.3 Å². The summed E-state index contributed by atoms with van der Waals surface area (Å²) < 4.78 is 5.06. The van der Waals surface area contributed by atoms with Gasteiger partial charge in [0.05, 0.1) is 19.9 Å². The first-order valence-corrected chi connectivity index (χ1v) is 6.89. The maximum Gasteiger partial charge on any atom is 0.259 e. The molecule has 5 nitrogen and oxygen atoms in total. The van der Waals surface area contributed by atoms with Crippen LogP contribution in [0, 0.1) is 0 Å². The number of hydrogen-bond acceptors (Lipinski definition) is 5. The third-order valence-corrected chi connectivity index (χ3v) is 3.27. The lowest BCUT2D eigenvalue weighted by Crippen LogP contribution is -2.25. The number of carbonyl (C=O) groups is 1. The van der Waals surface area contributed by atoms with Crippen molar-refractivity contribution in [2.24, 2.45) is 5.10 Å². The zero-order chi connectivity index (χ0) is 14.2. The summed E-state index contributed by atoms with van der Waals surface area (Å²) in [5.74, 6) is 0.578. The zero-order valence-corrected chi connectivity index (χ0v) is 11.8. The van der Waals surface area contributed by atoms with E-state index in [9.17, 15) is 4.79 Å². The Morgan fingerprint density at radius 2 is 2.15 bits per heavy atom. The molecule has 1 aromatic heterocycles. The van der Waals surface area contributed by atoms with Crippen LogP contribution in [0.4, 0.5) is 5.69 Å². The second-order valence-electron chi connectivity index (χ2n) is 3.89. The Kier molecular flexibility index (Phi) is 5.14. The van der Waals surface area contributed by atoms with Crippen LogP contribution in [0.3, 0.4) is 0 Å². The molecular weight excluding hydrogens is 274 g/mol. The van der Waals surface area contributed by atoms with Crippen LogP contribution in [-0.4, -0.2) is 25.8 Å². The number of methoxy groups -OCH3 is 1. The molecule has 0 radical (unpaired) electrons. The van der Waals surface area contributed by atoms with Crippen LogP contribution in [0.5, 0.6) is 5.75 Å². The molecule has 0 saturated heterocycles. The second-order valence-corrected chi connectivity index (χ2v) is 4.87. The van der Waals surface area contributed by atoms with Crippen molar-refractivity contribution in [3.05, 3.63) is 46.7 Å². The smallest absolute Gasteiger partial charge is 0.259 e. The molecule has 0 aliphatic heterocycles.